The van der Waals surface area contributed by atoms with Crippen LogP contribution in [0.15, 0.2) is 47.5 Å². The van der Waals surface area contributed by atoms with Gasteiger partial charge < -0.3 is 0 Å². The van der Waals surface area contributed by atoms with E-state index in [2.05, 4.69) is 42.2 Å². The van der Waals surface area contributed by atoms with E-state index in [-0.39, 0.29) is 0 Å². The Morgan fingerprint density at radius 1 is 1.10 bits per heavy atom. The van der Waals surface area contributed by atoms with E-state index in [0.717, 1.165) is 19.4 Å². The Kier molecular flexibility index (Phi) is 4.32. The average Bonchev–Trinajstić information content (AvgIpc) is 2.51. The Labute approximate surface area is 135 Å². The van der Waals surface area contributed by atoms with Crippen LogP contribution in [0, 0.1) is 0 Å². The quantitative estimate of drug-likeness (QED) is 0.671. The second-order valence-electron chi connectivity index (χ2n) is 5.27. The van der Waals surface area contributed by atoms with Crippen molar-refractivity contribution >= 4 is 28.9 Å². The van der Waals surface area contributed by atoms with Gasteiger partial charge in [-0.05, 0) is 48.6 Å². The van der Waals surface area contributed by atoms with Crippen molar-refractivity contribution in [2.75, 3.05) is 6.54 Å². The smallest absolute Gasteiger partial charge is 0.0595 e. The molecule has 3 heteroatoms. The lowest BCUT2D eigenvalue weighted by atomic mass is 9.78. The van der Waals surface area contributed by atoms with E-state index in [1.807, 2.05) is 12.1 Å². The highest BCUT2D eigenvalue weighted by molar-refractivity contribution is 6.42. The minimum Gasteiger partial charge on any atom is -0.289 e. The molecule has 1 aliphatic rings. The normalized spacial score (nSPS) is 19.6. The Hall–Kier alpha value is -1.31. The molecule has 0 aromatic heterocycles. The van der Waals surface area contributed by atoms with Crippen LogP contribution < -0.4 is 0 Å². The molecule has 3 rings (SSSR count). The molecule has 0 radical (unpaired) electrons. The van der Waals surface area contributed by atoms with Gasteiger partial charge in [-0.2, -0.15) is 0 Å². The number of hydrogen-bond donors (Lipinski definition) is 0. The van der Waals surface area contributed by atoms with Gasteiger partial charge in [-0.3, -0.25) is 4.99 Å². The van der Waals surface area contributed by atoms with Gasteiger partial charge in [0.05, 0.1) is 10.0 Å². The minimum atomic E-state index is 0.367. The largest absolute Gasteiger partial charge is 0.289 e. The maximum absolute atomic E-state index is 6.18. The van der Waals surface area contributed by atoms with Crippen molar-refractivity contribution < 1.29 is 0 Å². The first-order chi connectivity index (χ1) is 10.2. The molecular weight excluding hydrogens is 301 g/mol. The molecule has 2 aromatic rings. The van der Waals surface area contributed by atoms with Crippen LogP contribution in [0.4, 0.5) is 0 Å². The number of rotatable bonds is 2. The van der Waals surface area contributed by atoms with E-state index < -0.39 is 0 Å². The first-order valence-electron chi connectivity index (χ1n) is 7.28. The maximum atomic E-state index is 6.18. The number of fused-ring (bicyclic) bond motifs is 1. The predicted molar refractivity (Wildman–Crippen MR) is 91.1 cm³/mol. The molecule has 0 fully saturated rings. The summed E-state index contributed by atoms with van der Waals surface area (Å²) in [6.45, 7) is 2.92. The third-order valence-corrected chi connectivity index (χ3v) is 4.75. The summed E-state index contributed by atoms with van der Waals surface area (Å²) in [6, 6.07) is 14.5. The highest BCUT2D eigenvalue weighted by Gasteiger charge is 2.25. The van der Waals surface area contributed by atoms with E-state index in [9.17, 15) is 0 Å². The summed E-state index contributed by atoms with van der Waals surface area (Å²) in [5.41, 5.74) is 5.08. The van der Waals surface area contributed by atoms with Gasteiger partial charge in [0.2, 0.25) is 0 Å². The number of halogens is 2. The summed E-state index contributed by atoms with van der Waals surface area (Å²) in [5.74, 6) is 0.367. The predicted octanol–water partition coefficient (Wildman–Crippen LogP) is 5.73. The lowest BCUT2D eigenvalue weighted by molar-refractivity contribution is 0.721. The maximum Gasteiger partial charge on any atom is 0.0595 e. The van der Waals surface area contributed by atoms with Crippen LogP contribution in [0.5, 0.6) is 0 Å². The van der Waals surface area contributed by atoms with Gasteiger partial charge in [0, 0.05) is 18.2 Å². The molecule has 0 amide bonds. The molecule has 21 heavy (non-hydrogen) atoms. The van der Waals surface area contributed by atoms with Crippen LogP contribution in [0.25, 0.3) is 0 Å². The van der Waals surface area contributed by atoms with Gasteiger partial charge in [-0.1, -0.05) is 53.5 Å². The van der Waals surface area contributed by atoms with Crippen LogP contribution in [0.2, 0.25) is 10.0 Å². The fraction of sp³-hybridized carbons (Fsp3) is 0.278. The van der Waals surface area contributed by atoms with Gasteiger partial charge in [-0.25, -0.2) is 0 Å². The van der Waals surface area contributed by atoms with Crippen molar-refractivity contribution in [3.05, 3.63) is 69.2 Å². The van der Waals surface area contributed by atoms with Crippen molar-refractivity contribution in [2.24, 2.45) is 4.99 Å². The fourth-order valence-electron chi connectivity index (χ4n) is 3.07. The third-order valence-electron chi connectivity index (χ3n) is 4.01. The Balaban J connectivity index is 2.07. The molecule has 0 N–H and O–H groups in total. The zero-order chi connectivity index (χ0) is 14.8. The van der Waals surface area contributed by atoms with E-state index in [0.29, 0.717) is 16.0 Å². The summed E-state index contributed by atoms with van der Waals surface area (Å²) in [5, 5.41) is 1.23. The summed E-state index contributed by atoms with van der Waals surface area (Å²) in [4.78, 5) is 4.65. The standard InChI is InChI=1S/C18H17Cl2N/c1-2-21-18-10-8-13(14-5-3-4-6-15(14)18)12-7-9-16(19)17(20)11-12/h3-7,9,11,13H,2,8,10H2,1H3/b21-18+. The molecule has 0 saturated carbocycles. The summed E-state index contributed by atoms with van der Waals surface area (Å²) < 4.78 is 0. The summed E-state index contributed by atoms with van der Waals surface area (Å²) in [7, 11) is 0. The van der Waals surface area contributed by atoms with Crippen LogP contribution in [-0.2, 0) is 0 Å². The van der Waals surface area contributed by atoms with Crippen LogP contribution in [0.3, 0.4) is 0 Å². The molecule has 1 atom stereocenters. The lowest BCUT2D eigenvalue weighted by Crippen LogP contribution is -2.17. The van der Waals surface area contributed by atoms with Crippen LogP contribution >= 0.6 is 23.2 Å². The third kappa shape index (κ3) is 2.86. The van der Waals surface area contributed by atoms with Gasteiger partial charge in [-0.15, -0.1) is 0 Å². The molecule has 0 bridgehead atoms. The first kappa shape index (κ1) is 14.6. The SMILES string of the molecule is CC/N=C1\CCC(c2ccc(Cl)c(Cl)c2)c2ccccc21. The van der Waals surface area contributed by atoms with E-state index in [4.69, 9.17) is 23.2 Å². The van der Waals surface area contributed by atoms with Gasteiger partial charge in [0.25, 0.3) is 0 Å². The van der Waals surface area contributed by atoms with Gasteiger partial charge in [0.1, 0.15) is 0 Å². The number of nitrogens with zero attached hydrogens (tertiary/aromatic N) is 1. The highest BCUT2D eigenvalue weighted by Crippen LogP contribution is 2.38. The second-order valence-corrected chi connectivity index (χ2v) is 6.09. The lowest BCUT2D eigenvalue weighted by Gasteiger charge is -2.27. The van der Waals surface area contributed by atoms with Crippen molar-refractivity contribution in [1.29, 1.82) is 0 Å². The van der Waals surface area contributed by atoms with Crippen LogP contribution in [-0.4, -0.2) is 12.3 Å². The monoisotopic (exact) mass is 317 g/mol. The highest BCUT2D eigenvalue weighted by atomic mass is 35.5. The molecule has 0 spiro atoms. The van der Waals surface area contributed by atoms with Gasteiger partial charge >= 0.3 is 0 Å². The fourth-order valence-corrected chi connectivity index (χ4v) is 3.37. The molecule has 1 unspecified atom stereocenters. The molecule has 0 saturated heterocycles. The minimum absolute atomic E-state index is 0.367. The number of benzene rings is 2. The Morgan fingerprint density at radius 2 is 1.90 bits per heavy atom. The summed E-state index contributed by atoms with van der Waals surface area (Å²) in [6.07, 6.45) is 2.07. The summed E-state index contributed by atoms with van der Waals surface area (Å²) >= 11 is 12.2. The second kappa shape index (κ2) is 6.21. The molecule has 108 valence electrons. The number of aliphatic imine (C=N–C) groups is 1. The van der Waals surface area contributed by atoms with Crippen molar-refractivity contribution in [3.63, 3.8) is 0 Å². The zero-order valence-corrected chi connectivity index (χ0v) is 13.5. The molecular formula is C18H17Cl2N. The molecule has 1 aliphatic carbocycles. The molecule has 0 heterocycles. The Morgan fingerprint density at radius 3 is 2.67 bits per heavy atom. The average molecular weight is 318 g/mol. The number of hydrogen-bond acceptors (Lipinski definition) is 1. The van der Waals surface area contributed by atoms with Gasteiger partial charge in [0.15, 0.2) is 0 Å². The van der Waals surface area contributed by atoms with E-state index in [1.54, 1.807) is 0 Å². The topological polar surface area (TPSA) is 12.4 Å². The van der Waals surface area contributed by atoms with E-state index >= 15 is 0 Å². The molecule has 2 aromatic carbocycles. The van der Waals surface area contributed by atoms with Crippen molar-refractivity contribution in [1.82, 2.24) is 0 Å². The van der Waals surface area contributed by atoms with Crippen molar-refractivity contribution in [2.45, 2.75) is 25.7 Å². The van der Waals surface area contributed by atoms with Crippen LogP contribution in [0.1, 0.15) is 42.4 Å². The Bertz CT molecular complexity index is 691. The molecule has 1 nitrogen and oxygen atoms in total. The zero-order valence-electron chi connectivity index (χ0n) is 11.9. The van der Waals surface area contributed by atoms with E-state index in [1.165, 1.54) is 22.4 Å². The van der Waals surface area contributed by atoms with Crippen molar-refractivity contribution in [3.8, 4) is 0 Å². The first-order valence-corrected chi connectivity index (χ1v) is 8.04. The molecule has 0 aliphatic heterocycles.